The van der Waals surface area contributed by atoms with E-state index in [0.29, 0.717) is 5.02 Å². The molecule has 0 unspecified atom stereocenters. The van der Waals surface area contributed by atoms with E-state index in [1.165, 1.54) is 6.92 Å². The van der Waals surface area contributed by atoms with E-state index in [2.05, 4.69) is 0 Å². The molecule has 0 heterocycles. The second-order valence-corrected chi connectivity index (χ2v) is 3.17. The maximum atomic E-state index is 11.3. The van der Waals surface area contributed by atoms with Crippen LogP contribution < -0.4 is 0 Å². The number of rotatable bonds is 3. The Morgan fingerprint density at radius 2 is 2.00 bits per heavy atom. The highest BCUT2D eigenvalue weighted by molar-refractivity contribution is 6.33. The van der Waals surface area contributed by atoms with Crippen LogP contribution in [0.3, 0.4) is 0 Å². The van der Waals surface area contributed by atoms with Crippen LogP contribution >= 0.6 is 11.6 Å². The summed E-state index contributed by atoms with van der Waals surface area (Å²) in [6.07, 6.45) is 0. The number of carbonyl (C=O) groups is 2. The molecule has 0 aliphatic carbocycles. The molecule has 0 aromatic heterocycles. The molecular weight excluding hydrogens is 204 g/mol. The van der Waals surface area contributed by atoms with Gasteiger partial charge in [0.2, 0.25) is 0 Å². The molecule has 74 valence electrons. The Bertz CT molecular complexity index is 360. The molecule has 0 amide bonds. The Kier molecular flexibility index (Phi) is 3.65. The third-order valence-electron chi connectivity index (χ3n) is 1.50. The number of ether oxygens (including phenoxy) is 1. The molecule has 0 radical (unpaired) electrons. The minimum absolute atomic E-state index is 0.203. The van der Waals surface area contributed by atoms with Gasteiger partial charge in [0.05, 0.1) is 10.6 Å². The van der Waals surface area contributed by atoms with Crippen molar-refractivity contribution in [3.05, 3.63) is 34.9 Å². The fraction of sp³-hybridized carbons (Fsp3) is 0.200. The highest BCUT2D eigenvalue weighted by Gasteiger charge is 2.11. The first-order valence-electron chi connectivity index (χ1n) is 4.02. The van der Waals surface area contributed by atoms with E-state index in [4.69, 9.17) is 16.3 Å². The van der Waals surface area contributed by atoms with Crippen LogP contribution in [0.4, 0.5) is 0 Å². The van der Waals surface area contributed by atoms with Crippen molar-refractivity contribution in [1.29, 1.82) is 0 Å². The predicted octanol–water partition coefficient (Wildman–Crippen LogP) is 2.09. The van der Waals surface area contributed by atoms with Gasteiger partial charge in [0.25, 0.3) is 0 Å². The molecule has 0 atom stereocenters. The summed E-state index contributed by atoms with van der Waals surface area (Å²) in [5.41, 5.74) is 0.274. The van der Waals surface area contributed by atoms with Gasteiger partial charge in [0.1, 0.15) is 6.61 Å². The van der Waals surface area contributed by atoms with E-state index >= 15 is 0 Å². The molecule has 0 saturated carbocycles. The number of carbonyl (C=O) groups excluding carboxylic acids is 2. The maximum absolute atomic E-state index is 11.3. The van der Waals surface area contributed by atoms with E-state index in [-0.39, 0.29) is 18.0 Å². The molecule has 0 saturated heterocycles. The summed E-state index contributed by atoms with van der Waals surface area (Å²) in [7, 11) is 0. The van der Waals surface area contributed by atoms with Crippen LogP contribution in [-0.4, -0.2) is 18.4 Å². The predicted molar refractivity (Wildman–Crippen MR) is 52.4 cm³/mol. The monoisotopic (exact) mass is 212 g/mol. The molecule has 0 aliphatic rings. The third kappa shape index (κ3) is 2.85. The quantitative estimate of drug-likeness (QED) is 0.721. The number of hydrogen-bond acceptors (Lipinski definition) is 3. The van der Waals surface area contributed by atoms with Crippen molar-refractivity contribution in [2.24, 2.45) is 0 Å². The highest BCUT2D eigenvalue weighted by atomic mass is 35.5. The maximum Gasteiger partial charge on any atom is 0.340 e. The largest absolute Gasteiger partial charge is 0.454 e. The van der Waals surface area contributed by atoms with Gasteiger partial charge >= 0.3 is 5.97 Å². The minimum Gasteiger partial charge on any atom is -0.454 e. The molecule has 1 rings (SSSR count). The Balaban J connectivity index is 2.70. The van der Waals surface area contributed by atoms with Crippen LogP contribution in [0.1, 0.15) is 17.3 Å². The van der Waals surface area contributed by atoms with Gasteiger partial charge in [-0.2, -0.15) is 0 Å². The zero-order chi connectivity index (χ0) is 10.6. The fourth-order valence-corrected chi connectivity index (χ4v) is 1.08. The summed E-state index contributed by atoms with van der Waals surface area (Å²) in [6.45, 7) is 1.13. The van der Waals surface area contributed by atoms with E-state index in [0.717, 1.165) is 0 Å². The zero-order valence-corrected chi connectivity index (χ0v) is 8.38. The first-order chi connectivity index (χ1) is 6.61. The lowest BCUT2D eigenvalue weighted by molar-refractivity contribution is -0.120. The van der Waals surface area contributed by atoms with Crippen molar-refractivity contribution in [1.82, 2.24) is 0 Å². The van der Waals surface area contributed by atoms with Crippen LogP contribution in [0.2, 0.25) is 5.02 Å². The van der Waals surface area contributed by atoms with Crippen molar-refractivity contribution in [3.63, 3.8) is 0 Å². The van der Waals surface area contributed by atoms with Gasteiger partial charge in [-0.1, -0.05) is 23.7 Å². The van der Waals surface area contributed by atoms with Gasteiger partial charge in [0.15, 0.2) is 5.78 Å². The Labute approximate surface area is 86.6 Å². The molecular formula is C10H9ClO3. The smallest absolute Gasteiger partial charge is 0.340 e. The van der Waals surface area contributed by atoms with Crippen LogP contribution in [0.25, 0.3) is 0 Å². The molecule has 1 aromatic carbocycles. The molecule has 0 N–H and O–H groups in total. The summed E-state index contributed by atoms with van der Waals surface area (Å²) < 4.78 is 4.70. The summed E-state index contributed by atoms with van der Waals surface area (Å²) in [4.78, 5) is 21.9. The molecule has 0 aliphatic heterocycles. The Hall–Kier alpha value is -1.35. The lowest BCUT2D eigenvalue weighted by Gasteiger charge is -2.03. The summed E-state index contributed by atoms with van der Waals surface area (Å²) in [5, 5.41) is 0.320. The molecule has 3 nitrogen and oxygen atoms in total. The average molecular weight is 213 g/mol. The summed E-state index contributed by atoms with van der Waals surface area (Å²) in [6, 6.07) is 6.52. The molecule has 0 bridgehead atoms. The number of Topliss-reactive ketones (excluding diaryl/α,β-unsaturated/α-hetero) is 1. The van der Waals surface area contributed by atoms with Crippen LogP contribution in [0.15, 0.2) is 24.3 Å². The normalized spacial score (nSPS) is 9.57. The molecule has 14 heavy (non-hydrogen) atoms. The lowest BCUT2D eigenvalue weighted by Crippen LogP contribution is -2.11. The van der Waals surface area contributed by atoms with E-state index in [1.807, 2.05) is 0 Å². The number of hydrogen-bond donors (Lipinski definition) is 0. The standard InChI is InChI=1S/C10H9ClO3/c1-7(12)6-14-10(13)8-4-2-3-5-9(8)11/h2-5H,6H2,1H3. The highest BCUT2D eigenvalue weighted by Crippen LogP contribution is 2.15. The third-order valence-corrected chi connectivity index (χ3v) is 1.83. The molecule has 4 heteroatoms. The molecule has 0 fully saturated rings. The number of benzene rings is 1. The first kappa shape index (κ1) is 10.7. The lowest BCUT2D eigenvalue weighted by atomic mass is 10.2. The van der Waals surface area contributed by atoms with Gasteiger partial charge < -0.3 is 4.74 Å². The summed E-state index contributed by atoms with van der Waals surface area (Å²) in [5.74, 6) is -0.781. The molecule has 0 spiro atoms. The van der Waals surface area contributed by atoms with Crippen LogP contribution in [0.5, 0.6) is 0 Å². The topological polar surface area (TPSA) is 43.4 Å². The number of halogens is 1. The Morgan fingerprint density at radius 3 is 2.57 bits per heavy atom. The fourth-order valence-electron chi connectivity index (χ4n) is 0.872. The van der Waals surface area contributed by atoms with Crippen molar-refractivity contribution >= 4 is 23.4 Å². The first-order valence-corrected chi connectivity index (χ1v) is 4.40. The second kappa shape index (κ2) is 4.77. The van der Waals surface area contributed by atoms with Gasteiger partial charge in [-0.3, -0.25) is 4.79 Å². The van der Waals surface area contributed by atoms with E-state index in [1.54, 1.807) is 24.3 Å². The van der Waals surface area contributed by atoms with Crippen LogP contribution in [0, 0.1) is 0 Å². The van der Waals surface area contributed by atoms with Gasteiger partial charge in [-0.15, -0.1) is 0 Å². The van der Waals surface area contributed by atoms with Crippen molar-refractivity contribution < 1.29 is 14.3 Å². The van der Waals surface area contributed by atoms with Gasteiger partial charge in [0, 0.05) is 0 Å². The van der Waals surface area contributed by atoms with Crippen molar-refractivity contribution in [2.45, 2.75) is 6.92 Å². The van der Waals surface area contributed by atoms with Crippen molar-refractivity contribution in [2.75, 3.05) is 6.61 Å². The van der Waals surface area contributed by atoms with Crippen molar-refractivity contribution in [3.8, 4) is 0 Å². The van der Waals surface area contributed by atoms with Gasteiger partial charge in [-0.05, 0) is 19.1 Å². The number of ketones is 1. The summed E-state index contributed by atoms with van der Waals surface area (Å²) >= 11 is 5.75. The average Bonchev–Trinajstić information content (AvgIpc) is 2.15. The minimum atomic E-state index is -0.578. The second-order valence-electron chi connectivity index (χ2n) is 2.76. The van der Waals surface area contributed by atoms with E-state index in [9.17, 15) is 9.59 Å². The van der Waals surface area contributed by atoms with E-state index < -0.39 is 5.97 Å². The van der Waals surface area contributed by atoms with Crippen LogP contribution in [-0.2, 0) is 9.53 Å². The molecule has 1 aromatic rings. The Morgan fingerprint density at radius 1 is 1.36 bits per heavy atom. The van der Waals surface area contributed by atoms with Gasteiger partial charge in [-0.25, -0.2) is 4.79 Å². The zero-order valence-electron chi connectivity index (χ0n) is 7.62. The SMILES string of the molecule is CC(=O)COC(=O)c1ccccc1Cl. The number of esters is 1.